The van der Waals surface area contributed by atoms with Crippen LogP contribution in [0.2, 0.25) is 0 Å². The lowest BCUT2D eigenvalue weighted by Crippen LogP contribution is -2.56. The Bertz CT molecular complexity index is 1290. The fraction of sp³-hybridized carbons (Fsp3) is 0.657. The highest BCUT2D eigenvalue weighted by molar-refractivity contribution is 7.81. The summed E-state index contributed by atoms with van der Waals surface area (Å²) in [4.78, 5) is 79.9. The summed E-state index contributed by atoms with van der Waals surface area (Å²) in [5, 5.41) is 9.95. The van der Waals surface area contributed by atoms with Crippen LogP contribution in [0.3, 0.4) is 0 Å². The Balaban J connectivity index is 2.04. The summed E-state index contributed by atoms with van der Waals surface area (Å²) in [6.07, 6.45) is 1.35. The average molecular weight is 705 g/mol. The average Bonchev–Trinajstić information content (AvgIpc) is 3.52. The quantitative estimate of drug-likeness (QED) is 0.133. The molecule has 6 N–H and O–H groups in total. The molecule has 5 atom stereocenters. The van der Waals surface area contributed by atoms with Crippen LogP contribution in [0.15, 0.2) is 30.3 Å². The number of ether oxygens (including phenoxy) is 1. The number of rotatable bonds is 17. The summed E-state index contributed by atoms with van der Waals surface area (Å²) in [6.45, 7) is 12.8. The first-order valence-corrected chi connectivity index (χ1v) is 17.6. The Morgan fingerprint density at radius 3 is 2.00 bits per heavy atom. The van der Waals surface area contributed by atoms with E-state index < -0.39 is 64.7 Å². The van der Waals surface area contributed by atoms with Crippen LogP contribution >= 0.6 is 12.6 Å². The van der Waals surface area contributed by atoms with Crippen LogP contribution in [0.1, 0.15) is 79.7 Å². The van der Waals surface area contributed by atoms with Gasteiger partial charge in [0.25, 0.3) is 0 Å². The minimum Gasteiger partial charge on any atom is -0.444 e. The fourth-order valence-corrected chi connectivity index (χ4v) is 5.61. The summed E-state index contributed by atoms with van der Waals surface area (Å²) in [7, 11) is 0. The number of hydrogen-bond acceptors (Lipinski definition) is 9. The van der Waals surface area contributed by atoms with Crippen molar-refractivity contribution in [2.45, 2.75) is 116 Å². The second-order valence-electron chi connectivity index (χ2n) is 14.4. The highest BCUT2D eigenvalue weighted by Gasteiger charge is 2.38. The second kappa shape index (κ2) is 19.5. The maximum absolute atomic E-state index is 13.4. The van der Waals surface area contributed by atoms with Gasteiger partial charge in [0.1, 0.15) is 23.7 Å². The summed E-state index contributed by atoms with van der Waals surface area (Å²) in [6, 6.07) is 5.70. The number of hydrogen-bond donors (Lipinski definition) is 6. The third-order valence-electron chi connectivity index (χ3n) is 7.82. The summed E-state index contributed by atoms with van der Waals surface area (Å²) in [5.41, 5.74) is 5.75. The summed E-state index contributed by atoms with van der Waals surface area (Å²) < 4.78 is 5.46. The van der Waals surface area contributed by atoms with E-state index in [1.54, 1.807) is 20.8 Å². The van der Waals surface area contributed by atoms with Gasteiger partial charge in [0.15, 0.2) is 5.78 Å². The largest absolute Gasteiger partial charge is 0.444 e. The minimum atomic E-state index is -1.02. The van der Waals surface area contributed by atoms with E-state index in [2.05, 4.69) is 33.9 Å². The van der Waals surface area contributed by atoms with Gasteiger partial charge in [-0.3, -0.25) is 28.9 Å². The summed E-state index contributed by atoms with van der Waals surface area (Å²) in [5.74, 6) is -2.34. The molecule has 0 aromatic heterocycles. The third kappa shape index (κ3) is 14.4. The molecule has 13 nitrogen and oxygen atoms in total. The molecule has 0 aliphatic carbocycles. The van der Waals surface area contributed by atoms with Crippen molar-refractivity contribution in [2.75, 3.05) is 19.6 Å². The number of amides is 5. The highest BCUT2D eigenvalue weighted by atomic mass is 32.1. The molecule has 0 spiro atoms. The van der Waals surface area contributed by atoms with Crippen LogP contribution in [0.5, 0.6) is 0 Å². The first-order chi connectivity index (χ1) is 22.9. The molecule has 49 heavy (non-hydrogen) atoms. The number of carbonyl (C=O) groups is 6. The second-order valence-corrected chi connectivity index (χ2v) is 15.0. The SMILES string of the molecule is CC(C)C[C@H](NC(=O)C(S)CNC(=O)[C@H](CC(C)C)NC(=O)[C@@H]1CCCN1C(=O)OC(C)(C)C)C(=O)N[C@@H](Cc1ccccc1)C(=O)CN. The number of nitrogens with two attached hydrogens (primary N) is 1. The molecule has 0 bridgehead atoms. The van der Waals surface area contributed by atoms with E-state index in [1.807, 2.05) is 58.0 Å². The zero-order valence-electron chi connectivity index (χ0n) is 29.9. The van der Waals surface area contributed by atoms with Gasteiger partial charge >= 0.3 is 6.09 Å². The van der Waals surface area contributed by atoms with Crippen LogP contribution in [-0.2, 0) is 35.1 Å². The molecule has 1 heterocycles. The predicted octanol–water partition coefficient (Wildman–Crippen LogP) is 2.12. The van der Waals surface area contributed by atoms with Crippen molar-refractivity contribution in [3.8, 4) is 0 Å². The molecule has 14 heteroatoms. The van der Waals surface area contributed by atoms with Crippen molar-refractivity contribution in [3.05, 3.63) is 35.9 Å². The van der Waals surface area contributed by atoms with Crippen molar-refractivity contribution >= 4 is 48.1 Å². The molecule has 1 fully saturated rings. The fourth-order valence-electron chi connectivity index (χ4n) is 5.44. The molecule has 1 saturated heterocycles. The Morgan fingerprint density at radius 2 is 1.45 bits per heavy atom. The zero-order chi connectivity index (χ0) is 36.9. The van der Waals surface area contributed by atoms with Gasteiger partial charge in [-0.15, -0.1) is 0 Å². The molecular formula is C35H56N6O7S. The van der Waals surface area contributed by atoms with Gasteiger partial charge in [0, 0.05) is 13.1 Å². The Morgan fingerprint density at radius 1 is 0.878 bits per heavy atom. The van der Waals surface area contributed by atoms with Gasteiger partial charge in [-0.2, -0.15) is 12.6 Å². The number of carbonyl (C=O) groups excluding carboxylic acids is 6. The molecule has 274 valence electrons. The van der Waals surface area contributed by atoms with Crippen molar-refractivity contribution in [1.29, 1.82) is 0 Å². The van der Waals surface area contributed by atoms with Crippen molar-refractivity contribution < 1.29 is 33.5 Å². The number of Topliss-reactive ketones (excluding diaryl/α,β-unsaturated/α-hetero) is 1. The number of thiol groups is 1. The minimum absolute atomic E-state index is 0.0263. The molecular weight excluding hydrogens is 648 g/mol. The van der Waals surface area contributed by atoms with E-state index in [-0.39, 0.29) is 37.1 Å². The lowest BCUT2D eigenvalue weighted by molar-refractivity contribution is -0.132. The van der Waals surface area contributed by atoms with Gasteiger partial charge in [0.2, 0.25) is 23.6 Å². The maximum Gasteiger partial charge on any atom is 0.410 e. The predicted molar refractivity (Wildman–Crippen MR) is 191 cm³/mol. The smallest absolute Gasteiger partial charge is 0.410 e. The van der Waals surface area contributed by atoms with Gasteiger partial charge in [-0.05, 0) is 70.3 Å². The first kappa shape index (κ1) is 41.5. The van der Waals surface area contributed by atoms with Crippen molar-refractivity contribution in [3.63, 3.8) is 0 Å². The lowest BCUT2D eigenvalue weighted by Gasteiger charge is -2.29. The van der Waals surface area contributed by atoms with Gasteiger partial charge in [0.05, 0.1) is 17.8 Å². The number of ketones is 1. The van der Waals surface area contributed by atoms with Crippen LogP contribution in [-0.4, -0.2) is 95.1 Å². The standard InChI is InChI=1S/C35H56N6O7S/c1-21(2)16-25(39-32(45)27-14-11-15-41(27)34(47)48-35(5,6)7)30(43)37-20-29(49)33(46)40-26(17-22(3)4)31(44)38-24(28(42)19-36)18-23-12-9-8-10-13-23/h8-10,12-13,21-22,24-27,29,49H,11,14-20,36H2,1-7H3,(H,37,43)(H,38,44)(H,39,45)(H,40,46)/t24-,25-,26-,27-,29?/m0/s1. The van der Waals surface area contributed by atoms with Crippen molar-refractivity contribution in [2.24, 2.45) is 17.6 Å². The molecule has 0 radical (unpaired) electrons. The Labute approximate surface area is 296 Å². The molecule has 1 aliphatic rings. The first-order valence-electron chi connectivity index (χ1n) is 17.0. The van der Waals surface area contributed by atoms with Crippen LogP contribution in [0.4, 0.5) is 4.79 Å². The molecule has 1 unspecified atom stereocenters. The van der Waals surface area contributed by atoms with E-state index in [9.17, 15) is 28.8 Å². The van der Waals surface area contributed by atoms with Crippen LogP contribution in [0.25, 0.3) is 0 Å². The van der Waals surface area contributed by atoms with Crippen LogP contribution < -0.4 is 27.0 Å². The van der Waals surface area contributed by atoms with E-state index in [1.165, 1.54) is 4.90 Å². The molecule has 5 amide bonds. The lowest BCUT2D eigenvalue weighted by atomic mass is 9.99. The number of likely N-dealkylation sites (tertiary alicyclic amines) is 1. The molecule has 1 aliphatic heterocycles. The number of benzene rings is 1. The highest BCUT2D eigenvalue weighted by Crippen LogP contribution is 2.21. The zero-order valence-corrected chi connectivity index (χ0v) is 30.8. The van der Waals surface area contributed by atoms with Gasteiger partial charge in [-0.25, -0.2) is 4.79 Å². The van der Waals surface area contributed by atoms with E-state index in [4.69, 9.17) is 10.5 Å². The molecule has 0 saturated carbocycles. The number of nitrogens with zero attached hydrogens (tertiary/aromatic N) is 1. The molecule has 2 rings (SSSR count). The topological polar surface area (TPSA) is 189 Å². The van der Waals surface area contributed by atoms with Crippen LogP contribution in [0, 0.1) is 11.8 Å². The molecule has 1 aromatic carbocycles. The Kier molecular flexibility index (Phi) is 16.5. The summed E-state index contributed by atoms with van der Waals surface area (Å²) >= 11 is 4.39. The normalized spacial score (nSPS) is 17.1. The van der Waals surface area contributed by atoms with E-state index >= 15 is 0 Å². The van der Waals surface area contributed by atoms with E-state index in [0.717, 1.165) is 5.56 Å². The van der Waals surface area contributed by atoms with Gasteiger partial charge in [-0.1, -0.05) is 58.0 Å². The monoisotopic (exact) mass is 704 g/mol. The maximum atomic E-state index is 13.4. The third-order valence-corrected chi connectivity index (χ3v) is 8.24. The van der Waals surface area contributed by atoms with Crippen molar-refractivity contribution in [1.82, 2.24) is 26.2 Å². The number of nitrogens with one attached hydrogen (secondary N) is 4. The Hall–Kier alpha value is -3.65. The molecule has 1 aromatic rings. The van der Waals surface area contributed by atoms with E-state index in [0.29, 0.717) is 32.2 Å². The van der Waals surface area contributed by atoms with Gasteiger partial charge < -0.3 is 31.7 Å².